The van der Waals surface area contributed by atoms with Gasteiger partial charge in [-0.05, 0) is 6.42 Å². The fourth-order valence-corrected chi connectivity index (χ4v) is 2.06. The second-order valence-corrected chi connectivity index (χ2v) is 5.53. The lowest BCUT2D eigenvalue weighted by Gasteiger charge is -2.14. The number of carbonyl (C=O) groups is 1. The maximum absolute atomic E-state index is 11.6. The van der Waals surface area contributed by atoms with Crippen LogP contribution in [0.15, 0.2) is 0 Å². The molecule has 6 heteroatoms. The molecule has 0 aromatic rings. The van der Waals surface area contributed by atoms with E-state index in [1.54, 1.807) is 0 Å². The van der Waals surface area contributed by atoms with Crippen LogP contribution in [0.1, 0.15) is 26.2 Å². The Hall–Kier alpha value is -0.220. The number of aliphatic hydroxyl groups excluding tert-OH is 1. The molecule has 0 rings (SSSR count). The van der Waals surface area contributed by atoms with E-state index in [0.29, 0.717) is 6.42 Å². The second-order valence-electron chi connectivity index (χ2n) is 3.26. The van der Waals surface area contributed by atoms with Gasteiger partial charge in [0.25, 0.3) is 0 Å². The van der Waals surface area contributed by atoms with Gasteiger partial charge in [0.05, 0.1) is 0 Å². The topological polar surface area (TPSA) is 72.8 Å². The van der Waals surface area contributed by atoms with Crippen molar-refractivity contribution in [2.75, 3.05) is 20.4 Å². The third kappa shape index (κ3) is 5.42. The summed E-state index contributed by atoms with van der Waals surface area (Å²) < 4.78 is 20.8. The van der Waals surface area contributed by atoms with E-state index in [4.69, 9.17) is 0 Å². The third-order valence-corrected chi connectivity index (χ3v) is 3.92. The minimum atomic E-state index is -3.33. The van der Waals surface area contributed by atoms with E-state index in [0.717, 1.165) is 12.8 Å². The zero-order chi connectivity index (χ0) is 11.9. The van der Waals surface area contributed by atoms with Crippen LogP contribution in [0, 0.1) is 0 Å². The summed E-state index contributed by atoms with van der Waals surface area (Å²) in [6, 6.07) is 0. The molecule has 0 aliphatic rings. The second kappa shape index (κ2) is 7.12. The first kappa shape index (κ1) is 14.8. The lowest BCUT2D eigenvalue weighted by atomic mass is 10.1. The zero-order valence-electron chi connectivity index (χ0n) is 9.43. The molecule has 0 aliphatic heterocycles. The number of hydrogen-bond donors (Lipinski definition) is 1. The van der Waals surface area contributed by atoms with Crippen LogP contribution in [0.2, 0.25) is 0 Å². The zero-order valence-corrected chi connectivity index (χ0v) is 10.3. The van der Waals surface area contributed by atoms with E-state index in [9.17, 15) is 14.5 Å². The largest absolute Gasteiger partial charge is 0.385 e. The Balaban J connectivity index is 4.17. The molecule has 90 valence electrons. The van der Waals surface area contributed by atoms with Crippen molar-refractivity contribution >= 4 is 13.4 Å². The molecular formula is C9H19O5P. The van der Waals surface area contributed by atoms with Crippen LogP contribution >= 0.6 is 7.60 Å². The number of rotatable bonds is 8. The van der Waals surface area contributed by atoms with Gasteiger partial charge in [0, 0.05) is 14.2 Å². The van der Waals surface area contributed by atoms with Gasteiger partial charge >= 0.3 is 7.60 Å². The first-order valence-corrected chi connectivity index (χ1v) is 6.63. The fraction of sp³-hybridized carbons (Fsp3) is 0.889. The van der Waals surface area contributed by atoms with Crippen LogP contribution in [-0.2, 0) is 18.4 Å². The molecule has 1 atom stereocenters. The number of ketones is 1. The molecule has 0 aliphatic carbocycles. The molecule has 0 radical (unpaired) electrons. The molecule has 0 bridgehead atoms. The van der Waals surface area contributed by atoms with Gasteiger partial charge in [0.1, 0.15) is 12.3 Å². The van der Waals surface area contributed by atoms with E-state index in [2.05, 4.69) is 9.05 Å². The van der Waals surface area contributed by atoms with Crippen LogP contribution in [0.4, 0.5) is 0 Å². The Kier molecular flexibility index (Phi) is 7.02. The standard InChI is InChI=1S/C9H19O5P/c1-4-5-6-8(10)9(11)7-15(12,13-2)14-3/h8,10H,4-7H2,1-3H3. The Morgan fingerprint density at radius 3 is 2.33 bits per heavy atom. The van der Waals surface area contributed by atoms with E-state index < -0.39 is 19.5 Å². The third-order valence-electron chi connectivity index (χ3n) is 2.11. The highest BCUT2D eigenvalue weighted by molar-refractivity contribution is 7.54. The molecule has 0 heterocycles. The van der Waals surface area contributed by atoms with E-state index in [1.165, 1.54) is 14.2 Å². The van der Waals surface area contributed by atoms with Gasteiger partial charge < -0.3 is 14.2 Å². The molecule has 0 aromatic carbocycles. The SMILES string of the molecule is CCCCC(O)C(=O)CP(=O)(OC)OC. The molecule has 0 aromatic heterocycles. The smallest absolute Gasteiger partial charge is 0.337 e. The van der Waals surface area contributed by atoms with Crippen molar-refractivity contribution in [1.29, 1.82) is 0 Å². The maximum Gasteiger partial charge on any atom is 0.337 e. The number of unbranched alkanes of at least 4 members (excludes halogenated alkanes) is 1. The van der Waals surface area contributed by atoms with Crippen molar-refractivity contribution in [2.24, 2.45) is 0 Å². The monoisotopic (exact) mass is 238 g/mol. The fourth-order valence-electron chi connectivity index (χ4n) is 1.06. The predicted molar refractivity (Wildman–Crippen MR) is 57.0 cm³/mol. The highest BCUT2D eigenvalue weighted by Crippen LogP contribution is 2.46. The predicted octanol–water partition coefficient (Wildman–Crippen LogP) is 1.59. The van der Waals surface area contributed by atoms with Gasteiger partial charge in [-0.15, -0.1) is 0 Å². The summed E-state index contributed by atoms with van der Waals surface area (Å²) >= 11 is 0. The molecule has 1 N–H and O–H groups in total. The Morgan fingerprint density at radius 2 is 1.93 bits per heavy atom. The lowest BCUT2D eigenvalue weighted by molar-refractivity contribution is -0.125. The van der Waals surface area contributed by atoms with Crippen LogP contribution in [0.25, 0.3) is 0 Å². The maximum atomic E-state index is 11.6. The van der Waals surface area contributed by atoms with Crippen molar-refractivity contribution in [1.82, 2.24) is 0 Å². The van der Waals surface area contributed by atoms with Gasteiger partial charge in [0.15, 0.2) is 5.78 Å². The summed E-state index contributed by atoms with van der Waals surface area (Å²) in [6.45, 7) is 1.96. The molecule has 1 unspecified atom stereocenters. The molecule has 0 amide bonds. The van der Waals surface area contributed by atoms with E-state index in [-0.39, 0.29) is 6.16 Å². The molecule has 15 heavy (non-hydrogen) atoms. The van der Waals surface area contributed by atoms with Gasteiger partial charge in [-0.3, -0.25) is 9.36 Å². The highest BCUT2D eigenvalue weighted by Gasteiger charge is 2.28. The lowest BCUT2D eigenvalue weighted by Crippen LogP contribution is -2.24. The average molecular weight is 238 g/mol. The van der Waals surface area contributed by atoms with Gasteiger partial charge in [-0.25, -0.2) is 0 Å². The summed E-state index contributed by atoms with van der Waals surface area (Å²) in [5.41, 5.74) is 0. The molecule has 0 fully saturated rings. The van der Waals surface area contributed by atoms with Crippen molar-refractivity contribution in [3.63, 3.8) is 0 Å². The minimum Gasteiger partial charge on any atom is -0.385 e. The van der Waals surface area contributed by atoms with E-state index >= 15 is 0 Å². The molecular weight excluding hydrogens is 219 g/mol. The van der Waals surface area contributed by atoms with Crippen molar-refractivity contribution in [2.45, 2.75) is 32.3 Å². The van der Waals surface area contributed by atoms with Crippen LogP contribution in [0.3, 0.4) is 0 Å². The van der Waals surface area contributed by atoms with Crippen molar-refractivity contribution in [3.8, 4) is 0 Å². The van der Waals surface area contributed by atoms with Gasteiger partial charge in [-0.2, -0.15) is 0 Å². The molecule has 0 saturated heterocycles. The highest BCUT2D eigenvalue weighted by atomic mass is 31.2. The summed E-state index contributed by atoms with van der Waals surface area (Å²) in [6.07, 6.45) is 0.616. The number of aliphatic hydroxyl groups is 1. The number of Topliss-reactive ketones (excluding diaryl/α,β-unsaturated/α-hetero) is 1. The Labute approximate surface area is 90.3 Å². The van der Waals surface area contributed by atoms with Crippen molar-refractivity contribution in [3.05, 3.63) is 0 Å². The van der Waals surface area contributed by atoms with Gasteiger partial charge in [0.2, 0.25) is 0 Å². The summed E-state index contributed by atoms with van der Waals surface area (Å²) in [5.74, 6) is -0.490. The summed E-state index contributed by atoms with van der Waals surface area (Å²) in [4.78, 5) is 11.4. The summed E-state index contributed by atoms with van der Waals surface area (Å²) in [7, 11) is -0.896. The first-order valence-electron chi connectivity index (χ1n) is 4.90. The Bertz CT molecular complexity index is 233. The first-order chi connectivity index (χ1) is 6.99. The number of carbonyl (C=O) groups excluding carboxylic acids is 1. The van der Waals surface area contributed by atoms with Crippen LogP contribution < -0.4 is 0 Å². The van der Waals surface area contributed by atoms with Crippen LogP contribution in [-0.4, -0.2) is 37.4 Å². The number of hydrogen-bond acceptors (Lipinski definition) is 5. The van der Waals surface area contributed by atoms with Crippen molar-refractivity contribution < 1.29 is 23.5 Å². The van der Waals surface area contributed by atoms with E-state index in [1.807, 2.05) is 6.92 Å². The summed E-state index contributed by atoms with van der Waals surface area (Å²) in [5, 5.41) is 9.42. The quantitative estimate of drug-likeness (QED) is 0.650. The average Bonchev–Trinajstić information content (AvgIpc) is 2.25. The molecule has 5 nitrogen and oxygen atoms in total. The normalized spacial score (nSPS) is 13.9. The molecule has 0 spiro atoms. The van der Waals surface area contributed by atoms with Crippen LogP contribution in [0.5, 0.6) is 0 Å². The molecule has 0 saturated carbocycles. The Morgan fingerprint density at radius 1 is 1.40 bits per heavy atom. The van der Waals surface area contributed by atoms with Gasteiger partial charge in [-0.1, -0.05) is 19.8 Å². The minimum absolute atomic E-state index is 0.370.